The second kappa shape index (κ2) is 10.0. The Morgan fingerprint density at radius 3 is 2.53 bits per heavy atom. The minimum absolute atomic E-state index is 0.0343. The monoisotopic (exact) mass is 435 g/mol. The normalized spacial score (nSPS) is 10.6. The number of nitrogens with zero attached hydrogens (tertiary/aromatic N) is 2. The zero-order chi connectivity index (χ0) is 23.3. The van der Waals surface area contributed by atoms with Gasteiger partial charge in [0.05, 0.1) is 12.8 Å². The number of pyridine rings is 1. The van der Waals surface area contributed by atoms with Gasteiger partial charge in [0, 0.05) is 37.2 Å². The van der Waals surface area contributed by atoms with Crippen molar-refractivity contribution in [1.82, 2.24) is 4.98 Å². The first kappa shape index (κ1) is 22.9. The molecular weight excluding hydrogens is 409 g/mol. The predicted molar refractivity (Wildman–Crippen MR) is 123 cm³/mol. The van der Waals surface area contributed by atoms with Crippen LogP contribution in [0.15, 0.2) is 54.7 Å². The van der Waals surface area contributed by atoms with Crippen molar-refractivity contribution < 1.29 is 18.7 Å². The zero-order valence-electron chi connectivity index (χ0n) is 18.4. The van der Waals surface area contributed by atoms with Crippen LogP contribution in [-0.4, -0.2) is 30.8 Å². The molecule has 166 valence electrons. The van der Waals surface area contributed by atoms with E-state index in [0.29, 0.717) is 41.1 Å². The van der Waals surface area contributed by atoms with Crippen LogP contribution in [0, 0.1) is 5.82 Å². The van der Waals surface area contributed by atoms with E-state index < -0.39 is 5.82 Å². The van der Waals surface area contributed by atoms with Gasteiger partial charge in [-0.05, 0) is 47.9 Å². The highest BCUT2D eigenvalue weighted by atomic mass is 19.1. The van der Waals surface area contributed by atoms with Crippen LogP contribution < -0.4 is 15.4 Å². The van der Waals surface area contributed by atoms with E-state index >= 15 is 0 Å². The number of hydrogen-bond acceptors (Lipinski definition) is 5. The molecule has 1 heterocycles. The minimum Gasteiger partial charge on any atom is -0.496 e. The van der Waals surface area contributed by atoms with Crippen LogP contribution in [0.1, 0.15) is 35.7 Å². The van der Waals surface area contributed by atoms with Crippen molar-refractivity contribution in [2.75, 3.05) is 24.8 Å². The Labute approximate surface area is 186 Å². The summed E-state index contributed by atoms with van der Waals surface area (Å²) in [6.45, 7) is 1.73. The average Bonchev–Trinajstić information content (AvgIpc) is 2.82. The number of amides is 1. The summed E-state index contributed by atoms with van der Waals surface area (Å²) in [5.41, 5.74) is 8.49. The maximum atomic E-state index is 14.7. The molecule has 0 fully saturated rings. The molecule has 0 radical (unpaired) electrons. The number of anilines is 2. The molecule has 1 amide bonds. The number of nitrogens with two attached hydrogens (primary N) is 1. The lowest BCUT2D eigenvalue weighted by atomic mass is 9.98. The summed E-state index contributed by atoms with van der Waals surface area (Å²) < 4.78 is 20.2. The fourth-order valence-electron chi connectivity index (χ4n) is 3.41. The van der Waals surface area contributed by atoms with E-state index in [9.17, 15) is 14.0 Å². The molecule has 6 nitrogen and oxygen atoms in total. The van der Waals surface area contributed by atoms with Crippen LogP contribution >= 0.6 is 0 Å². The summed E-state index contributed by atoms with van der Waals surface area (Å²) in [5.74, 6) is 0.189. The molecule has 1 aromatic heterocycles. The van der Waals surface area contributed by atoms with Gasteiger partial charge in [-0.25, -0.2) is 9.37 Å². The van der Waals surface area contributed by atoms with E-state index in [-0.39, 0.29) is 23.8 Å². The summed E-state index contributed by atoms with van der Waals surface area (Å²) in [5, 5.41) is 0. The Morgan fingerprint density at radius 1 is 1.12 bits per heavy atom. The molecule has 3 aromatic rings. The lowest BCUT2D eigenvalue weighted by Crippen LogP contribution is -2.25. The number of aromatic nitrogens is 1. The van der Waals surface area contributed by atoms with Gasteiger partial charge in [0.1, 0.15) is 17.4 Å². The fourth-order valence-corrected chi connectivity index (χ4v) is 3.41. The zero-order valence-corrected chi connectivity index (χ0v) is 18.4. The maximum Gasteiger partial charge on any atom is 0.226 e. The Bertz CT molecular complexity index is 1130. The van der Waals surface area contributed by atoms with Gasteiger partial charge in [0.25, 0.3) is 0 Å². The van der Waals surface area contributed by atoms with Gasteiger partial charge in [-0.3, -0.25) is 9.59 Å². The van der Waals surface area contributed by atoms with Crippen molar-refractivity contribution in [2.24, 2.45) is 0 Å². The van der Waals surface area contributed by atoms with Crippen molar-refractivity contribution in [2.45, 2.75) is 26.2 Å². The number of nitrogen functional groups attached to an aromatic ring is 1. The lowest BCUT2D eigenvalue weighted by molar-refractivity contribution is -0.118. The van der Waals surface area contributed by atoms with Gasteiger partial charge in [-0.15, -0.1) is 0 Å². The fraction of sp³-hybridized carbons (Fsp3) is 0.240. The standard InChI is InChI=1S/C25H26FN3O3/c1-4-25(31)29(2)21-10-8-17(13-20(21)26)19-9-7-18(14-23(19)32-3)22(30)11-5-16-6-12-24(27)28-15-16/h6-10,12-15H,4-5,11H2,1-3H3,(H2,27,28). The van der Waals surface area contributed by atoms with E-state index in [1.165, 1.54) is 18.1 Å². The number of rotatable bonds is 8. The van der Waals surface area contributed by atoms with Gasteiger partial charge in [-0.1, -0.05) is 25.1 Å². The SMILES string of the molecule is CCC(=O)N(C)c1ccc(-c2ccc(C(=O)CCc3ccc(N)nc3)cc2OC)cc1F. The Kier molecular flexibility index (Phi) is 7.20. The second-order valence-corrected chi connectivity index (χ2v) is 7.40. The maximum absolute atomic E-state index is 14.7. The topological polar surface area (TPSA) is 85.5 Å². The minimum atomic E-state index is -0.508. The van der Waals surface area contributed by atoms with E-state index in [0.717, 1.165) is 5.56 Å². The molecule has 0 spiro atoms. The van der Waals surface area contributed by atoms with Crippen LogP contribution in [0.2, 0.25) is 0 Å². The Morgan fingerprint density at radius 2 is 1.91 bits per heavy atom. The molecule has 32 heavy (non-hydrogen) atoms. The third-order valence-electron chi connectivity index (χ3n) is 5.31. The molecule has 0 aliphatic rings. The molecule has 0 atom stereocenters. The number of hydrogen-bond donors (Lipinski definition) is 1. The second-order valence-electron chi connectivity index (χ2n) is 7.40. The van der Waals surface area contributed by atoms with Crippen molar-refractivity contribution in [1.29, 1.82) is 0 Å². The molecule has 0 bridgehead atoms. The molecule has 3 rings (SSSR count). The molecule has 0 saturated heterocycles. The van der Waals surface area contributed by atoms with Gasteiger partial charge in [0.15, 0.2) is 5.78 Å². The number of carbonyl (C=O) groups is 2. The first-order valence-electron chi connectivity index (χ1n) is 10.3. The van der Waals surface area contributed by atoms with Gasteiger partial charge in [0.2, 0.25) is 5.91 Å². The third kappa shape index (κ3) is 5.11. The van der Waals surface area contributed by atoms with Crippen LogP contribution in [0.5, 0.6) is 5.75 Å². The summed E-state index contributed by atoms with van der Waals surface area (Å²) in [7, 11) is 3.05. The summed E-state index contributed by atoms with van der Waals surface area (Å²) >= 11 is 0. The highest BCUT2D eigenvalue weighted by Crippen LogP contribution is 2.34. The Hall–Kier alpha value is -3.74. The van der Waals surface area contributed by atoms with Crippen LogP contribution in [-0.2, 0) is 11.2 Å². The van der Waals surface area contributed by atoms with Crippen molar-refractivity contribution >= 4 is 23.2 Å². The number of methoxy groups -OCH3 is 1. The lowest BCUT2D eigenvalue weighted by Gasteiger charge is -2.18. The first-order chi connectivity index (χ1) is 15.3. The third-order valence-corrected chi connectivity index (χ3v) is 5.31. The highest BCUT2D eigenvalue weighted by Gasteiger charge is 2.16. The molecule has 0 unspecified atom stereocenters. The van der Waals surface area contributed by atoms with Crippen LogP contribution in [0.3, 0.4) is 0 Å². The van der Waals surface area contributed by atoms with Gasteiger partial charge >= 0.3 is 0 Å². The number of aryl methyl sites for hydroxylation is 1. The van der Waals surface area contributed by atoms with E-state index in [1.54, 1.807) is 56.6 Å². The number of ketones is 1. The predicted octanol–water partition coefficient (Wildman–Crippen LogP) is 4.67. The summed E-state index contributed by atoms with van der Waals surface area (Å²) in [6, 6.07) is 13.3. The van der Waals surface area contributed by atoms with Crippen molar-refractivity contribution in [3.63, 3.8) is 0 Å². The van der Waals surface area contributed by atoms with E-state index in [2.05, 4.69) is 4.98 Å². The number of ether oxygens (including phenoxy) is 1. The van der Waals surface area contributed by atoms with Gasteiger partial charge < -0.3 is 15.4 Å². The average molecular weight is 435 g/mol. The molecule has 2 N–H and O–H groups in total. The number of Topliss-reactive ketones (excluding diaryl/α,β-unsaturated/α-hetero) is 1. The Balaban J connectivity index is 1.80. The number of halogens is 1. The summed E-state index contributed by atoms with van der Waals surface area (Å²) in [6.07, 6.45) is 2.81. The quantitative estimate of drug-likeness (QED) is 0.520. The highest BCUT2D eigenvalue weighted by molar-refractivity contribution is 5.97. The van der Waals surface area contributed by atoms with Crippen LogP contribution in [0.25, 0.3) is 11.1 Å². The molecule has 0 aliphatic heterocycles. The van der Waals surface area contributed by atoms with Crippen molar-refractivity contribution in [3.8, 4) is 16.9 Å². The molecule has 2 aromatic carbocycles. The van der Waals surface area contributed by atoms with Crippen molar-refractivity contribution in [3.05, 3.63) is 71.7 Å². The van der Waals surface area contributed by atoms with Crippen LogP contribution in [0.4, 0.5) is 15.9 Å². The largest absolute Gasteiger partial charge is 0.496 e. The molecular formula is C25H26FN3O3. The summed E-state index contributed by atoms with van der Waals surface area (Å²) in [4.78, 5) is 29.9. The first-order valence-corrected chi connectivity index (χ1v) is 10.3. The van der Waals surface area contributed by atoms with Gasteiger partial charge in [-0.2, -0.15) is 0 Å². The molecule has 7 heteroatoms. The number of carbonyl (C=O) groups excluding carboxylic acids is 2. The van der Waals surface area contributed by atoms with E-state index in [1.807, 2.05) is 6.07 Å². The molecule has 0 aliphatic carbocycles. The molecule has 0 saturated carbocycles. The number of benzene rings is 2. The van der Waals surface area contributed by atoms with E-state index in [4.69, 9.17) is 10.5 Å². The smallest absolute Gasteiger partial charge is 0.226 e.